The van der Waals surface area contributed by atoms with E-state index in [4.69, 9.17) is 32.9 Å². The van der Waals surface area contributed by atoms with E-state index in [1.54, 1.807) is 0 Å². The van der Waals surface area contributed by atoms with Crippen molar-refractivity contribution in [2.75, 3.05) is 26.2 Å². The predicted molar refractivity (Wildman–Crippen MR) is 154 cm³/mol. The average molecular weight is 552 g/mol. The number of carbonyl (C=O) groups excluding carboxylic acids is 1. The molecule has 0 radical (unpaired) electrons. The molecule has 0 aromatic heterocycles. The molecule has 0 aliphatic carbocycles. The van der Waals surface area contributed by atoms with E-state index >= 15 is 0 Å². The molecule has 0 bridgehead atoms. The van der Waals surface area contributed by atoms with E-state index in [0.29, 0.717) is 34.7 Å². The number of aryl methyl sites for hydroxylation is 1. The number of piperazine rings is 1. The number of rotatable bonds is 5. The molecule has 2 aliphatic heterocycles. The molecule has 1 saturated heterocycles. The third-order valence-electron chi connectivity index (χ3n) is 6.82. The summed E-state index contributed by atoms with van der Waals surface area (Å²) in [4.78, 5) is 23.3. The van der Waals surface area contributed by atoms with Crippen molar-refractivity contribution in [2.24, 2.45) is 4.99 Å². The van der Waals surface area contributed by atoms with Gasteiger partial charge < -0.3 is 15.0 Å². The van der Waals surface area contributed by atoms with Crippen LogP contribution in [0.2, 0.25) is 10.0 Å². The molecular weight excluding hydrogens is 519 g/mol. The zero-order chi connectivity index (χ0) is 26.8. The summed E-state index contributed by atoms with van der Waals surface area (Å²) in [6.45, 7) is 8.80. The summed E-state index contributed by atoms with van der Waals surface area (Å²) in [6, 6.07) is 20.6. The minimum atomic E-state index is -0.376. The number of halogens is 2. The van der Waals surface area contributed by atoms with Gasteiger partial charge in [-0.05, 0) is 73.9 Å². The molecule has 198 valence electrons. The van der Waals surface area contributed by atoms with Crippen LogP contribution in [0.3, 0.4) is 0 Å². The van der Waals surface area contributed by atoms with Gasteiger partial charge >= 0.3 is 6.03 Å². The Labute approximate surface area is 234 Å². The maximum Gasteiger partial charge on any atom is 0.326 e. The Morgan fingerprint density at radius 2 is 1.55 bits per heavy atom. The van der Waals surface area contributed by atoms with E-state index in [2.05, 4.69) is 5.32 Å². The third-order valence-corrected chi connectivity index (χ3v) is 7.33. The van der Waals surface area contributed by atoms with Crippen LogP contribution in [0.1, 0.15) is 48.2 Å². The number of ether oxygens (including phenoxy) is 1. The number of urea groups is 1. The fourth-order valence-electron chi connectivity index (χ4n) is 5.03. The molecule has 1 N–H and O–H groups in total. The Balaban J connectivity index is 1.70. The topological polar surface area (TPSA) is 57.2 Å². The van der Waals surface area contributed by atoms with Crippen LogP contribution in [0.4, 0.5) is 4.79 Å². The molecule has 2 aliphatic rings. The molecule has 2 atom stereocenters. The lowest BCUT2D eigenvalue weighted by Crippen LogP contribution is -2.53. The number of hydrogen-bond acceptors (Lipinski definition) is 4. The van der Waals surface area contributed by atoms with Gasteiger partial charge in [-0.2, -0.15) is 0 Å². The molecule has 0 saturated carbocycles. The fourth-order valence-corrected chi connectivity index (χ4v) is 5.28. The molecule has 2 heterocycles. The molecule has 8 heteroatoms. The summed E-state index contributed by atoms with van der Waals surface area (Å²) >= 11 is 12.5. The van der Waals surface area contributed by atoms with Crippen molar-refractivity contribution in [2.45, 2.75) is 39.0 Å². The van der Waals surface area contributed by atoms with Crippen molar-refractivity contribution in [1.82, 2.24) is 15.1 Å². The first kappa shape index (κ1) is 26.5. The van der Waals surface area contributed by atoms with Crippen molar-refractivity contribution in [1.29, 1.82) is 0 Å². The Morgan fingerprint density at radius 1 is 0.947 bits per heavy atom. The summed E-state index contributed by atoms with van der Waals surface area (Å²) in [5, 5.41) is 4.63. The van der Waals surface area contributed by atoms with Gasteiger partial charge in [-0.1, -0.05) is 53.5 Å². The number of hydrogen-bond donors (Lipinski definition) is 1. The Bertz CT molecular complexity index is 1320. The molecule has 3 aromatic rings. The van der Waals surface area contributed by atoms with Gasteiger partial charge in [-0.15, -0.1) is 0 Å². The van der Waals surface area contributed by atoms with Gasteiger partial charge in [-0.25, -0.2) is 4.79 Å². The standard InChI is InChI=1S/C30H32Cl2N4O2/c1-19(2)38-26-18-20(3)4-13-25(26)29-34-27(21-5-9-23(31)10-6-21)28(22-7-11-24(32)12-8-22)36(29)30(37)35-16-14-33-15-17-35/h4-13,18-19,27-28,33H,14-17H2,1-3H3. The van der Waals surface area contributed by atoms with E-state index in [0.717, 1.165) is 35.3 Å². The zero-order valence-electron chi connectivity index (χ0n) is 21.8. The summed E-state index contributed by atoms with van der Waals surface area (Å²) in [7, 11) is 0. The normalized spacial score (nSPS) is 19.6. The first-order valence-corrected chi connectivity index (χ1v) is 13.7. The monoisotopic (exact) mass is 550 g/mol. The Kier molecular flexibility index (Phi) is 7.93. The highest BCUT2D eigenvalue weighted by Crippen LogP contribution is 2.45. The second-order valence-electron chi connectivity index (χ2n) is 10.0. The van der Waals surface area contributed by atoms with Gasteiger partial charge in [0.1, 0.15) is 17.6 Å². The van der Waals surface area contributed by atoms with Gasteiger partial charge in [0, 0.05) is 36.2 Å². The van der Waals surface area contributed by atoms with Crippen LogP contribution in [-0.2, 0) is 0 Å². The lowest BCUT2D eigenvalue weighted by atomic mass is 9.93. The van der Waals surface area contributed by atoms with Crippen LogP contribution in [-0.4, -0.2) is 53.9 Å². The van der Waals surface area contributed by atoms with Crippen molar-refractivity contribution in [3.63, 3.8) is 0 Å². The lowest BCUT2D eigenvalue weighted by molar-refractivity contribution is 0.157. The lowest BCUT2D eigenvalue weighted by Gasteiger charge is -2.36. The highest BCUT2D eigenvalue weighted by atomic mass is 35.5. The number of nitrogens with one attached hydrogen (secondary N) is 1. The Hall–Kier alpha value is -3.06. The van der Waals surface area contributed by atoms with Crippen molar-refractivity contribution >= 4 is 35.1 Å². The Morgan fingerprint density at radius 3 is 2.16 bits per heavy atom. The van der Waals surface area contributed by atoms with Crippen molar-refractivity contribution in [3.05, 3.63) is 99.0 Å². The first-order valence-electron chi connectivity index (χ1n) is 13.0. The van der Waals surface area contributed by atoms with Gasteiger partial charge in [0.05, 0.1) is 17.7 Å². The number of amides is 2. The molecule has 2 unspecified atom stereocenters. The molecule has 2 amide bonds. The van der Waals surface area contributed by atoms with Crippen molar-refractivity contribution < 1.29 is 9.53 Å². The number of carbonyl (C=O) groups is 1. The highest BCUT2D eigenvalue weighted by molar-refractivity contribution is 6.30. The third kappa shape index (κ3) is 5.53. The molecule has 0 spiro atoms. The maximum atomic E-state index is 14.3. The van der Waals surface area contributed by atoms with Gasteiger partial charge in [0.25, 0.3) is 0 Å². The minimum absolute atomic E-state index is 0.0333. The molecular formula is C30H32Cl2N4O2. The van der Waals surface area contributed by atoms with Gasteiger partial charge in [-0.3, -0.25) is 9.89 Å². The van der Waals surface area contributed by atoms with E-state index in [1.807, 2.05) is 97.3 Å². The molecule has 1 fully saturated rings. The highest BCUT2D eigenvalue weighted by Gasteiger charge is 2.44. The van der Waals surface area contributed by atoms with Crippen LogP contribution < -0.4 is 10.1 Å². The number of amidine groups is 1. The molecule has 38 heavy (non-hydrogen) atoms. The van der Waals surface area contributed by atoms with Crippen LogP contribution >= 0.6 is 23.2 Å². The molecule has 3 aromatic carbocycles. The largest absolute Gasteiger partial charge is 0.490 e. The molecule has 5 rings (SSSR count). The predicted octanol–water partition coefficient (Wildman–Crippen LogP) is 6.66. The second-order valence-corrected chi connectivity index (χ2v) is 10.9. The number of aliphatic imine (C=N–C) groups is 1. The van der Waals surface area contributed by atoms with E-state index in [9.17, 15) is 4.79 Å². The van der Waals surface area contributed by atoms with Crippen molar-refractivity contribution in [3.8, 4) is 5.75 Å². The summed E-state index contributed by atoms with van der Waals surface area (Å²) < 4.78 is 6.25. The maximum absolute atomic E-state index is 14.3. The van der Waals surface area contributed by atoms with Crippen LogP contribution in [0, 0.1) is 6.92 Å². The second kappa shape index (κ2) is 11.4. The first-order chi connectivity index (χ1) is 18.3. The quantitative estimate of drug-likeness (QED) is 0.386. The van der Waals surface area contributed by atoms with Crippen LogP contribution in [0.15, 0.2) is 71.7 Å². The minimum Gasteiger partial charge on any atom is -0.490 e. The smallest absolute Gasteiger partial charge is 0.326 e. The van der Waals surface area contributed by atoms with Gasteiger partial charge in [0.2, 0.25) is 0 Å². The zero-order valence-corrected chi connectivity index (χ0v) is 23.3. The summed E-state index contributed by atoms with van der Waals surface area (Å²) in [5.41, 5.74) is 3.80. The fraction of sp³-hybridized carbons (Fsp3) is 0.333. The average Bonchev–Trinajstić information content (AvgIpc) is 3.29. The van der Waals surface area contributed by atoms with E-state index < -0.39 is 0 Å². The number of nitrogens with zero attached hydrogens (tertiary/aromatic N) is 3. The van der Waals surface area contributed by atoms with E-state index in [-0.39, 0.29) is 24.2 Å². The van der Waals surface area contributed by atoms with Crippen LogP contribution in [0.5, 0.6) is 5.75 Å². The summed E-state index contributed by atoms with van der Waals surface area (Å²) in [5.74, 6) is 1.31. The van der Waals surface area contributed by atoms with E-state index in [1.165, 1.54) is 0 Å². The van der Waals surface area contributed by atoms with Crippen LogP contribution in [0.25, 0.3) is 0 Å². The summed E-state index contributed by atoms with van der Waals surface area (Å²) in [6.07, 6.45) is -0.0333. The van der Waals surface area contributed by atoms with Gasteiger partial charge in [0.15, 0.2) is 0 Å². The molecule has 6 nitrogen and oxygen atoms in total. The SMILES string of the molecule is Cc1ccc(C2=NC(c3ccc(Cl)cc3)C(c3ccc(Cl)cc3)N2C(=O)N2CCNCC2)c(OC(C)C)c1. The number of benzene rings is 3.